The molecule has 0 bridgehead atoms. The molecule has 0 saturated carbocycles. The number of ether oxygens (including phenoxy) is 1. The van der Waals surface area contributed by atoms with Gasteiger partial charge in [0.15, 0.2) is 11.0 Å². The Morgan fingerprint density at radius 1 is 1.24 bits per heavy atom. The minimum Gasteiger partial charge on any atom is -0.387 e. The van der Waals surface area contributed by atoms with Gasteiger partial charge in [0, 0.05) is 6.20 Å². The number of aliphatic hydroxyl groups is 2. The fraction of sp³-hybridized carbons (Fsp3) is 0.556. The second-order valence-corrected chi connectivity index (χ2v) is 8.56. The molecule has 2 rings (SSSR count). The number of nitrogens with one attached hydrogen (secondary N) is 1. The Balaban J connectivity index is 2.09. The summed E-state index contributed by atoms with van der Waals surface area (Å²) in [6, 6.07) is 1.47. The maximum Gasteiger partial charge on any atom is 0.481 e. The number of aromatic amines is 1. The lowest BCUT2D eigenvalue weighted by atomic mass is 10.1. The molecule has 0 aromatic carbocycles. The number of hydrogen-bond donors (Lipinski definition) is 6. The second-order valence-electron chi connectivity index (χ2n) is 4.90. The van der Waals surface area contributed by atoms with Gasteiger partial charge in [-0.3, -0.25) is 9.09 Å². The predicted molar refractivity (Wildman–Crippen MR) is 85.3 cm³/mol. The van der Waals surface area contributed by atoms with E-state index in [1.165, 1.54) is 16.8 Å². The summed E-state index contributed by atoms with van der Waals surface area (Å²) in [7, 11) is -10.4. The van der Waals surface area contributed by atoms with Crippen molar-refractivity contribution in [1.29, 1.82) is 0 Å². The highest BCUT2D eigenvalue weighted by Crippen LogP contribution is 2.57. The summed E-state index contributed by atoms with van der Waals surface area (Å²) in [6.07, 6.45) is -4.04. The topological polar surface area (TPSA) is 184 Å². The molecule has 0 aliphatic carbocycles. The first kappa shape index (κ1) is 21.0. The molecule has 25 heavy (non-hydrogen) atoms. The predicted octanol–water partition coefficient (Wildman–Crippen LogP) is 0.121. The van der Waals surface area contributed by atoms with Crippen LogP contribution in [-0.2, 0) is 22.7 Å². The molecule has 142 valence electrons. The quantitative estimate of drug-likeness (QED) is 0.262. The van der Waals surface area contributed by atoms with Gasteiger partial charge < -0.3 is 34.6 Å². The SMILES string of the molecule is O=P(O)(O)OP(=O)(O)OC[C@H]1O[C@@H](n2ccc(=S)[nH]c2=S)[C@H](O)[C@@H]1O. The molecule has 6 N–H and O–H groups in total. The molecule has 1 fully saturated rings. The van der Waals surface area contributed by atoms with Gasteiger partial charge in [-0.25, -0.2) is 9.13 Å². The maximum atomic E-state index is 11.4. The molecule has 12 nitrogen and oxygen atoms in total. The van der Waals surface area contributed by atoms with Crippen molar-refractivity contribution in [3.8, 4) is 0 Å². The van der Waals surface area contributed by atoms with Gasteiger partial charge in [-0.05, 0) is 18.3 Å². The number of H-pyrrole nitrogens is 1. The van der Waals surface area contributed by atoms with E-state index in [1.807, 2.05) is 0 Å². The Hall–Kier alpha value is -0.340. The highest BCUT2D eigenvalue weighted by Gasteiger charge is 2.45. The zero-order valence-electron chi connectivity index (χ0n) is 12.1. The highest BCUT2D eigenvalue weighted by molar-refractivity contribution is 7.72. The maximum absolute atomic E-state index is 11.4. The standard InChI is InChI=1S/C9H14N2O10P2S2/c12-6-4(3-19-23(17,18)21-22(14,15)16)20-8(7(6)13)11-2-1-5(24)10-9(11)25/h1-2,4,6-8,12-13H,3H2,(H,17,18)(H,10,24,25)(H2,14,15,16)/t4-,6-,7-,8-/m1/s1. The Morgan fingerprint density at radius 2 is 1.88 bits per heavy atom. The van der Waals surface area contributed by atoms with E-state index in [9.17, 15) is 24.2 Å². The van der Waals surface area contributed by atoms with E-state index in [2.05, 4.69) is 13.8 Å². The smallest absolute Gasteiger partial charge is 0.387 e. The lowest BCUT2D eigenvalue weighted by Crippen LogP contribution is -2.33. The molecule has 1 saturated heterocycles. The van der Waals surface area contributed by atoms with Crippen molar-refractivity contribution in [2.75, 3.05) is 6.61 Å². The number of aromatic nitrogens is 2. The van der Waals surface area contributed by atoms with Crippen LogP contribution >= 0.6 is 40.1 Å². The first-order valence-corrected chi connectivity index (χ1v) is 10.3. The average molecular weight is 436 g/mol. The summed E-state index contributed by atoms with van der Waals surface area (Å²) in [5, 5.41) is 20.0. The number of phosphoric acid groups is 2. The summed E-state index contributed by atoms with van der Waals surface area (Å²) in [4.78, 5) is 28.9. The third kappa shape index (κ3) is 5.57. The first-order valence-electron chi connectivity index (χ1n) is 6.47. The molecule has 0 amide bonds. The van der Waals surface area contributed by atoms with Gasteiger partial charge in [0.2, 0.25) is 0 Å². The molecule has 1 aromatic rings. The van der Waals surface area contributed by atoms with Gasteiger partial charge in [0.1, 0.15) is 23.0 Å². The van der Waals surface area contributed by atoms with Gasteiger partial charge in [-0.1, -0.05) is 12.2 Å². The van der Waals surface area contributed by atoms with Crippen LogP contribution in [0.25, 0.3) is 0 Å². The van der Waals surface area contributed by atoms with Crippen molar-refractivity contribution in [1.82, 2.24) is 9.55 Å². The molecular weight excluding hydrogens is 422 g/mol. The molecule has 1 unspecified atom stereocenters. The molecule has 1 aliphatic rings. The third-order valence-corrected chi connectivity index (χ3v) is 5.78. The summed E-state index contributed by atoms with van der Waals surface area (Å²) < 4.78 is 37.0. The van der Waals surface area contributed by atoms with Crippen LogP contribution in [-0.4, -0.2) is 59.4 Å². The summed E-state index contributed by atoms with van der Waals surface area (Å²) in [5.74, 6) is 0. The van der Waals surface area contributed by atoms with Gasteiger partial charge in [-0.2, -0.15) is 4.31 Å². The third-order valence-electron chi connectivity index (χ3n) is 3.07. The molecule has 1 aromatic heterocycles. The van der Waals surface area contributed by atoms with E-state index in [-0.39, 0.29) is 4.77 Å². The molecule has 16 heteroatoms. The number of hydrogen-bond acceptors (Lipinski definition) is 9. The Bertz CT molecular complexity index is 836. The minimum atomic E-state index is -5.27. The van der Waals surface area contributed by atoms with Crippen LogP contribution in [0.5, 0.6) is 0 Å². The van der Waals surface area contributed by atoms with Gasteiger partial charge in [0.25, 0.3) is 0 Å². The van der Waals surface area contributed by atoms with Crippen molar-refractivity contribution in [2.45, 2.75) is 24.5 Å². The number of rotatable bonds is 6. The van der Waals surface area contributed by atoms with Crippen molar-refractivity contribution in [3.63, 3.8) is 0 Å². The van der Waals surface area contributed by atoms with E-state index < -0.39 is 46.8 Å². The van der Waals surface area contributed by atoms with E-state index in [0.717, 1.165) is 0 Å². The lowest BCUT2D eigenvalue weighted by Gasteiger charge is -2.18. The molecule has 0 spiro atoms. The molecule has 2 heterocycles. The average Bonchev–Trinajstić information content (AvgIpc) is 2.71. The largest absolute Gasteiger partial charge is 0.481 e. The van der Waals surface area contributed by atoms with Crippen LogP contribution in [0, 0.1) is 9.41 Å². The molecular formula is C9H14N2O10P2S2. The van der Waals surface area contributed by atoms with Crippen LogP contribution in [0.2, 0.25) is 0 Å². The molecule has 1 aliphatic heterocycles. The zero-order chi connectivity index (χ0) is 19.0. The fourth-order valence-electron chi connectivity index (χ4n) is 2.05. The highest BCUT2D eigenvalue weighted by atomic mass is 32.1. The molecule has 5 atom stereocenters. The Morgan fingerprint density at radius 3 is 2.44 bits per heavy atom. The number of phosphoric ester groups is 1. The van der Waals surface area contributed by atoms with E-state index in [4.69, 9.17) is 39.0 Å². The summed E-state index contributed by atoms with van der Waals surface area (Å²) in [5.41, 5.74) is 0. The van der Waals surface area contributed by atoms with Crippen LogP contribution in [0.1, 0.15) is 6.23 Å². The van der Waals surface area contributed by atoms with Crippen LogP contribution in [0.3, 0.4) is 0 Å². The van der Waals surface area contributed by atoms with Crippen molar-refractivity contribution in [3.05, 3.63) is 21.7 Å². The zero-order valence-corrected chi connectivity index (χ0v) is 15.5. The van der Waals surface area contributed by atoms with Crippen LogP contribution in [0.4, 0.5) is 0 Å². The molecule has 0 radical (unpaired) electrons. The summed E-state index contributed by atoms with van der Waals surface area (Å²) in [6.45, 7) is -0.793. The van der Waals surface area contributed by atoms with Gasteiger partial charge in [0.05, 0.1) is 6.61 Å². The Labute approximate surface area is 150 Å². The van der Waals surface area contributed by atoms with E-state index in [0.29, 0.717) is 4.64 Å². The van der Waals surface area contributed by atoms with Gasteiger partial charge >= 0.3 is 15.6 Å². The fourth-order valence-corrected chi connectivity index (χ4v) is 4.15. The number of aliphatic hydroxyl groups excluding tert-OH is 2. The van der Waals surface area contributed by atoms with Crippen LogP contribution < -0.4 is 0 Å². The monoisotopic (exact) mass is 436 g/mol. The second kappa shape index (κ2) is 7.72. The normalized spacial score (nSPS) is 29.5. The summed E-state index contributed by atoms with van der Waals surface area (Å²) >= 11 is 9.93. The van der Waals surface area contributed by atoms with Gasteiger partial charge in [-0.15, -0.1) is 0 Å². The van der Waals surface area contributed by atoms with Crippen molar-refractivity contribution < 1.29 is 47.6 Å². The van der Waals surface area contributed by atoms with Crippen molar-refractivity contribution in [2.24, 2.45) is 0 Å². The van der Waals surface area contributed by atoms with Crippen molar-refractivity contribution >= 4 is 40.1 Å². The first-order chi connectivity index (χ1) is 11.4. The lowest BCUT2D eigenvalue weighted by molar-refractivity contribution is -0.0533. The Kier molecular flexibility index (Phi) is 6.48. The number of nitrogens with zero attached hydrogens (tertiary/aromatic N) is 1. The van der Waals surface area contributed by atoms with E-state index >= 15 is 0 Å². The van der Waals surface area contributed by atoms with Crippen LogP contribution in [0.15, 0.2) is 12.3 Å². The van der Waals surface area contributed by atoms with E-state index in [1.54, 1.807) is 0 Å². The minimum absolute atomic E-state index is 0.1000.